The standard InChI is InChI=1S/C10H15N3O4/c1-3-16-9(14)4-5-11-10(15)12-8-6-7(2)17-13-8/h6H,3-5H2,1-2H3,(H2,11,12,13,15). The molecule has 2 amide bonds. The Kier molecular flexibility index (Phi) is 4.99. The number of hydrogen-bond donors (Lipinski definition) is 2. The highest BCUT2D eigenvalue weighted by atomic mass is 16.5. The minimum Gasteiger partial charge on any atom is -0.466 e. The Bertz CT molecular complexity index is 389. The Labute approximate surface area is 98.5 Å². The van der Waals surface area contributed by atoms with E-state index in [1.807, 2.05) is 0 Å². The normalized spacial score (nSPS) is 9.76. The number of ether oxygens (including phenoxy) is 1. The first-order chi connectivity index (χ1) is 8.11. The number of urea groups is 1. The smallest absolute Gasteiger partial charge is 0.320 e. The average Bonchev–Trinajstić information content (AvgIpc) is 2.64. The molecule has 1 aromatic rings. The molecular formula is C10H15N3O4. The van der Waals surface area contributed by atoms with E-state index in [1.54, 1.807) is 19.9 Å². The number of nitrogens with zero attached hydrogens (tertiary/aromatic N) is 1. The molecular weight excluding hydrogens is 226 g/mol. The van der Waals surface area contributed by atoms with E-state index in [2.05, 4.69) is 15.8 Å². The quantitative estimate of drug-likeness (QED) is 0.752. The summed E-state index contributed by atoms with van der Waals surface area (Å²) >= 11 is 0. The van der Waals surface area contributed by atoms with E-state index < -0.39 is 6.03 Å². The van der Waals surface area contributed by atoms with Gasteiger partial charge in [0.15, 0.2) is 5.82 Å². The number of aromatic nitrogens is 1. The maximum atomic E-state index is 11.3. The van der Waals surface area contributed by atoms with Crippen LogP contribution < -0.4 is 10.6 Å². The zero-order chi connectivity index (χ0) is 12.7. The monoisotopic (exact) mass is 241 g/mol. The summed E-state index contributed by atoms with van der Waals surface area (Å²) in [6, 6.07) is 1.15. The summed E-state index contributed by atoms with van der Waals surface area (Å²) in [4.78, 5) is 22.3. The minimum atomic E-state index is -0.442. The van der Waals surface area contributed by atoms with Crippen LogP contribution in [0, 0.1) is 6.92 Å². The van der Waals surface area contributed by atoms with Crippen LogP contribution in [-0.2, 0) is 9.53 Å². The molecule has 0 bridgehead atoms. The Balaban J connectivity index is 2.19. The second-order valence-corrected chi connectivity index (χ2v) is 3.26. The van der Waals surface area contributed by atoms with Gasteiger partial charge in [0, 0.05) is 12.6 Å². The maximum Gasteiger partial charge on any atom is 0.320 e. The molecule has 7 heteroatoms. The third-order valence-corrected chi connectivity index (χ3v) is 1.79. The zero-order valence-electron chi connectivity index (χ0n) is 9.78. The molecule has 0 spiro atoms. The molecule has 0 aromatic carbocycles. The first-order valence-corrected chi connectivity index (χ1v) is 5.25. The molecule has 0 aliphatic carbocycles. The lowest BCUT2D eigenvalue weighted by molar-refractivity contribution is -0.142. The van der Waals surface area contributed by atoms with E-state index in [9.17, 15) is 9.59 Å². The van der Waals surface area contributed by atoms with E-state index in [-0.39, 0.29) is 18.9 Å². The number of aryl methyl sites for hydroxylation is 1. The van der Waals surface area contributed by atoms with Crippen molar-refractivity contribution in [2.75, 3.05) is 18.5 Å². The topological polar surface area (TPSA) is 93.5 Å². The molecule has 0 radical (unpaired) electrons. The van der Waals surface area contributed by atoms with E-state index in [0.717, 1.165) is 0 Å². The summed E-state index contributed by atoms with van der Waals surface area (Å²) in [7, 11) is 0. The van der Waals surface area contributed by atoms with Crippen LogP contribution in [0.15, 0.2) is 10.6 Å². The molecule has 94 valence electrons. The van der Waals surface area contributed by atoms with Gasteiger partial charge in [0.25, 0.3) is 0 Å². The molecule has 0 saturated heterocycles. The van der Waals surface area contributed by atoms with Crippen molar-refractivity contribution in [2.45, 2.75) is 20.3 Å². The fourth-order valence-corrected chi connectivity index (χ4v) is 1.10. The average molecular weight is 241 g/mol. The van der Waals surface area contributed by atoms with E-state index in [0.29, 0.717) is 18.2 Å². The number of esters is 1. The highest BCUT2D eigenvalue weighted by Crippen LogP contribution is 2.06. The van der Waals surface area contributed by atoms with Crippen molar-refractivity contribution in [1.29, 1.82) is 0 Å². The third kappa shape index (κ3) is 5.01. The van der Waals surface area contributed by atoms with Crippen LogP contribution in [0.5, 0.6) is 0 Å². The van der Waals surface area contributed by atoms with Crippen molar-refractivity contribution in [3.05, 3.63) is 11.8 Å². The Hall–Kier alpha value is -2.05. The van der Waals surface area contributed by atoms with Crippen LogP contribution in [0.4, 0.5) is 10.6 Å². The third-order valence-electron chi connectivity index (χ3n) is 1.79. The first-order valence-electron chi connectivity index (χ1n) is 5.25. The van der Waals surface area contributed by atoms with Crippen molar-refractivity contribution in [3.63, 3.8) is 0 Å². The van der Waals surface area contributed by atoms with Crippen LogP contribution in [0.25, 0.3) is 0 Å². The van der Waals surface area contributed by atoms with Gasteiger partial charge in [0.1, 0.15) is 5.76 Å². The van der Waals surface area contributed by atoms with Crippen LogP contribution >= 0.6 is 0 Å². The van der Waals surface area contributed by atoms with E-state index in [4.69, 9.17) is 9.26 Å². The highest BCUT2D eigenvalue weighted by Gasteiger charge is 2.06. The van der Waals surface area contributed by atoms with Gasteiger partial charge in [-0.2, -0.15) is 0 Å². The predicted molar refractivity (Wildman–Crippen MR) is 59.5 cm³/mol. The number of rotatable bonds is 5. The number of amides is 2. The molecule has 7 nitrogen and oxygen atoms in total. The molecule has 17 heavy (non-hydrogen) atoms. The maximum absolute atomic E-state index is 11.3. The fourth-order valence-electron chi connectivity index (χ4n) is 1.10. The molecule has 1 rings (SSSR count). The lowest BCUT2D eigenvalue weighted by atomic mass is 10.4. The van der Waals surface area contributed by atoms with Gasteiger partial charge in [0.05, 0.1) is 13.0 Å². The molecule has 1 aromatic heterocycles. The van der Waals surface area contributed by atoms with Gasteiger partial charge in [-0.25, -0.2) is 4.79 Å². The summed E-state index contributed by atoms with van der Waals surface area (Å²) in [5, 5.41) is 8.55. The number of hydrogen-bond acceptors (Lipinski definition) is 5. The van der Waals surface area contributed by atoms with Crippen molar-refractivity contribution in [3.8, 4) is 0 Å². The molecule has 2 N–H and O–H groups in total. The summed E-state index contributed by atoms with van der Waals surface area (Å²) in [5.41, 5.74) is 0. The Morgan fingerprint density at radius 2 is 2.29 bits per heavy atom. The van der Waals surface area contributed by atoms with Gasteiger partial charge < -0.3 is 14.6 Å². The molecule has 1 heterocycles. The zero-order valence-corrected chi connectivity index (χ0v) is 9.78. The molecule has 0 aliphatic rings. The number of anilines is 1. The SMILES string of the molecule is CCOC(=O)CCNC(=O)Nc1cc(C)on1. The molecule has 0 atom stereocenters. The first kappa shape index (κ1) is 13.0. The van der Waals surface area contributed by atoms with Crippen LogP contribution in [0.1, 0.15) is 19.1 Å². The van der Waals surface area contributed by atoms with Crippen molar-refractivity contribution >= 4 is 17.8 Å². The highest BCUT2D eigenvalue weighted by molar-refractivity contribution is 5.88. The molecule has 0 unspecified atom stereocenters. The van der Waals surface area contributed by atoms with E-state index >= 15 is 0 Å². The van der Waals surface area contributed by atoms with Crippen LogP contribution in [0.3, 0.4) is 0 Å². The summed E-state index contributed by atoms with van der Waals surface area (Å²) < 4.78 is 9.48. The Morgan fingerprint density at radius 1 is 1.53 bits per heavy atom. The number of nitrogens with one attached hydrogen (secondary N) is 2. The predicted octanol–water partition coefficient (Wildman–Crippen LogP) is 1.06. The lowest BCUT2D eigenvalue weighted by Crippen LogP contribution is -2.31. The van der Waals surface area contributed by atoms with Gasteiger partial charge in [-0.15, -0.1) is 0 Å². The van der Waals surface area contributed by atoms with E-state index in [1.165, 1.54) is 0 Å². The van der Waals surface area contributed by atoms with Crippen molar-refractivity contribution in [2.24, 2.45) is 0 Å². The van der Waals surface area contributed by atoms with Crippen LogP contribution in [-0.4, -0.2) is 30.3 Å². The fraction of sp³-hybridized carbons (Fsp3) is 0.500. The van der Waals surface area contributed by atoms with Crippen LogP contribution in [0.2, 0.25) is 0 Å². The largest absolute Gasteiger partial charge is 0.466 e. The molecule has 0 fully saturated rings. The van der Waals surface area contributed by atoms with Gasteiger partial charge in [-0.3, -0.25) is 10.1 Å². The number of carbonyl (C=O) groups is 2. The lowest BCUT2D eigenvalue weighted by Gasteiger charge is -2.04. The van der Waals surface area contributed by atoms with Crippen molar-refractivity contribution in [1.82, 2.24) is 10.5 Å². The molecule has 0 aliphatic heterocycles. The second kappa shape index (κ2) is 6.51. The van der Waals surface area contributed by atoms with Gasteiger partial charge in [-0.1, -0.05) is 5.16 Å². The summed E-state index contributed by atoms with van der Waals surface area (Å²) in [6.07, 6.45) is 0.138. The summed E-state index contributed by atoms with van der Waals surface area (Å²) in [6.45, 7) is 3.99. The minimum absolute atomic E-state index is 0.138. The van der Waals surface area contributed by atoms with Crippen molar-refractivity contribution < 1.29 is 18.8 Å². The summed E-state index contributed by atoms with van der Waals surface area (Å²) in [5.74, 6) is 0.591. The van der Waals surface area contributed by atoms with Gasteiger partial charge >= 0.3 is 12.0 Å². The van der Waals surface area contributed by atoms with Gasteiger partial charge in [-0.05, 0) is 13.8 Å². The second-order valence-electron chi connectivity index (χ2n) is 3.26. The number of carbonyl (C=O) groups excluding carboxylic acids is 2. The molecule has 0 saturated carbocycles. The Morgan fingerprint density at radius 3 is 2.88 bits per heavy atom. The van der Waals surface area contributed by atoms with Gasteiger partial charge in [0.2, 0.25) is 0 Å².